The number of methoxy groups -OCH3 is 1. The lowest BCUT2D eigenvalue weighted by molar-refractivity contribution is 0.0600. The minimum Gasteiger partial charge on any atom is -0.465 e. The Morgan fingerprint density at radius 1 is 1.07 bits per heavy atom. The first-order chi connectivity index (χ1) is 13.6. The molecule has 1 aromatic heterocycles. The lowest BCUT2D eigenvalue weighted by Crippen LogP contribution is -2.15. The van der Waals surface area contributed by atoms with E-state index in [0.29, 0.717) is 28.6 Å². The molecule has 0 bridgehead atoms. The molecular formula is C20H17ClN4O3. The van der Waals surface area contributed by atoms with Crippen molar-refractivity contribution in [2.75, 3.05) is 17.7 Å². The molecule has 1 heterocycles. The highest BCUT2D eigenvalue weighted by molar-refractivity contribution is 6.31. The van der Waals surface area contributed by atoms with E-state index in [0.717, 1.165) is 5.56 Å². The first-order valence-corrected chi connectivity index (χ1v) is 8.73. The maximum Gasteiger partial charge on any atom is 0.337 e. The molecule has 0 aliphatic heterocycles. The zero-order valence-electron chi connectivity index (χ0n) is 15.0. The Morgan fingerprint density at radius 2 is 1.82 bits per heavy atom. The van der Waals surface area contributed by atoms with Gasteiger partial charge in [0, 0.05) is 23.3 Å². The van der Waals surface area contributed by atoms with Gasteiger partial charge in [0.1, 0.15) is 17.8 Å². The van der Waals surface area contributed by atoms with Gasteiger partial charge in [-0.15, -0.1) is 0 Å². The van der Waals surface area contributed by atoms with Crippen LogP contribution in [0, 0.1) is 0 Å². The maximum absolute atomic E-state index is 12.4. The Labute approximate surface area is 166 Å². The number of halogens is 1. The normalized spacial score (nSPS) is 10.2. The van der Waals surface area contributed by atoms with Crippen LogP contribution in [0.2, 0.25) is 5.02 Å². The molecule has 2 N–H and O–H groups in total. The van der Waals surface area contributed by atoms with Gasteiger partial charge >= 0.3 is 5.97 Å². The summed E-state index contributed by atoms with van der Waals surface area (Å²) in [5.41, 5.74) is 2.05. The minimum absolute atomic E-state index is 0.203. The zero-order valence-corrected chi connectivity index (χ0v) is 15.7. The highest BCUT2D eigenvalue weighted by Crippen LogP contribution is 2.17. The first kappa shape index (κ1) is 19.3. The molecule has 0 fully saturated rings. The van der Waals surface area contributed by atoms with E-state index in [1.807, 2.05) is 24.3 Å². The van der Waals surface area contributed by atoms with Crippen molar-refractivity contribution in [3.63, 3.8) is 0 Å². The van der Waals surface area contributed by atoms with Gasteiger partial charge in [-0.2, -0.15) is 0 Å². The summed E-state index contributed by atoms with van der Waals surface area (Å²) < 4.78 is 4.64. The van der Waals surface area contributed by atoms with Gasteiger partial charge in [-0.25, -0.2) is 14.8 Å². The second-order valence-electron chi connectivity index (χ2n) is 5.76. The van der Waals surface area contributed by atoms with Crippen molar-refractivity contribution in [3.05, 3.63) is 82.8 Å². The third-order valence-corrected chi connectivity index (χ3v) is 4.25. The fourth-order valence-corrected chi connectivity index (χ4v) is 2.61. The van der Waals surface area contributed by atoms with Crippen molar-refractivity contribution in [1.82, 2.24) is 9.97 Å². The van der Waals surface area contributed by atoms with E-state index in [1.54, 1.807) is 30.3 Å². The third kappa shape index (κ3) is 4.83. The van der Waals surface area contributed by atoms with E-state index in [1.165, 1.54) is 13.4 Å². The number of carbonyl (C=O) groups excluding carboxylic acids is 2. The number of carbonyl (C=O) groups is 2. The van der Waals surface area contributed by atoms with Crippen molar-refractivity contribution in [2.24, 2.45) is 0 Å². The van der Waals surface area contributed by atoms with Crippen LogP contribution in [-0.4, -0.2) is 29.0 Å². The number of ether oxygens (including phenoxy) is 1. The molecule has 142 valence electrons. The van der Waals surface area contributed by atoms with Crippen molar-refractivity contribution < 1.29 is 14.3 Å². The summed E-state index contributed by atoms with van der Waals surface area (Å²) in [6, 6.07) is 15.4. The van der Waals surface area contributed by atoms with Crippen molar-refractivity contribution in [2.45, 2.75) is 6.54 Å². The van der Waals surface area contributed by atoms with Gasteiger partial charge in [-0.3, -0.25) is 4.79 Å². The van der Waals surface area contributed by atoms with Gasteiger partial charge < -0.3 is 15.4 Å². The number of nitrogens with one attached hydrogen (secondary N) is 2. The van der Waals surface area contributed by atoms with Crippen LogP contribution in [0.25, 0.3) is 0 Å². The summed E-state index contributed by atoms with van der Waals surface area (Å²) in [5, 5.41) is 6.49. The van der Waals surface area contributed by atoms with Crippen LogP contribution in [0.1, 0.15) is 26.4 Å². The summed E-state index contributed by atoms with van der Waals surface area (Å²) in [5.74, 6) is -0.335. The molecule has 0 aliphatic carbocycles. The van der Waals surface area contributed by atoms with Gasteiger partial charge in [-0.1, -0.05) is 29.8 Å². The number of hydrogen-bond acceptors (Lipinski definition) is 6. The van der Waals surface area contributed by atoms with Crippen LogP contribution in [0.4, 0.5) is 11.5 Å². The topological polar surface area (TPSA) is 93.2 Å². The van der Waals surface area contributed by atoms with Crippen molar-refractivity contribution in [1.29, 1.82) is 0 Å². The van der Waals surface area contributed by atoms with Crippen LogP contribution >= 0.6 is 11.6 Å². The standard InChI is InChI=1S/C20H17ClN4O3/c1-28-20(27)13-6-8-15(9-7-13)25-19(26)17-10-18(24-12-23-17)22-11-14-4-2-3-5-16(14)21/h2-10,12H,11H2,1H3,(H,25,26)(H,22,23,24). The highest BCUT2D eigenvalue weighted by atomic mass is 35.5. The van der Waals surface area contributed by atoms with Crippen LogP contribution < -0.4 is 10.6 Å². The van der Waals surface area contributed by atoms with Crippen LogP contribution in [0.3, 0.4) is 0 Å². The number of benzene rings is 2. The van der Waals surface area contributed by atoms with Crippen molar-refractivity contribution in [3.8, 4) is 0 Å². The minimum atomic E-state index is -0.442. The molecule has 1 amide bonds. The molecule has 0 aliphatic rings. The van der Waals surface area contributed by atoms with Crippen LogP contribution in [0.5, 0.6) is 0 Å². The highest BCUT2D eigenvalue weighted by Gasteiger charge is 2.11. The van der Waals surface area contributed by atoms with Crippen LogP contribution in [-0.2, 0) is 11.3 Å². The lowest BCUT2D eigenvalue weighted by atomic mass is 10.2. The second-order valence-corrected chi connectivity index (χ2v) is 6.16. The zero-order chi connectivity index (χ0) is 19.9. The summed E-state index contributed by atoms with van der Waals surface area (Å²) in [6.45, 7) is 0.465. The van der Waals surface area contributed by atoms with E-state index in [2.05, 4.69) is 25.3 Å². The lowest BCUT2D eigenvalue weighted by Gasteiger charge is -2.09. The summed E-state index contributed by atoms with van der Waals surface area (Å²) in [7, 11) is 1.31. The van der Waals surface area contributed by atoms with Crippen molar-refractivity contribution >= 4 is 35.0 Å². The predicted molar refractivity (Wildman–Crippen MR) is 107 cm³/mol. The number of esters is 1. The van der Waals surface area contributed by atoms with E-state index >= 15 is 0 Å². The van der Waals surface area contributed by atoms with Gasteiger partial charge in [0.15, 0.2) is 0 Å². The molecule has 3 rings (SSSR count). The Hall–Kier alpha value is -3.45. The molecule has 2 aromatic carbocycles. The first-order valence-electron chi connectivity index (χ1n) is 8.36. The Bertz CT molecular complexity index is 993. The Balaban J connectivity index is 1.65. The molecule has 0 atom stereocenters. The second kappa shape index (κ2) is 8.96. The SMILES string of the molecule is COC(=O)c1ccc(NC(=O)c2cc(NCc3ccccc3Cl)ncn2)cc1. The van der Waals surface area contributed by atoms with E-state index in [-0.39, 0.29) is 5.69 Å². The van der Waals surface area contributed by atoms with E-state index in [4.69, 9.17) is 11.6 Å². The summed E-state index contributed by atoms with van der Waals surface area (Å²) in [6.07, 6.45) is 1.31. The van der Waals surface area contributed by atoms with Gasteiger partial charge in [0.2, 0.25) is 0 Å². The number of hydrogen-bond donors (Lipinski definition) is 2. The molecule has 8 heteroatoms. The van der Waals surface area contributed by atoms with E-state index in [9.17, 15) is 9.59 Å². The average molecular weight is 397 g/mol. The predicted octanol–water partition coefficient (Wildman–Crippen LogP) is 3.78. The smallest absolute Gasteiger partial charge is 0.337 e. The van der Waals surface area contributed by atoms with Gasteiger partial charge in [-0.05, 0) is 35.9 Å². The molecule has 0 unspecified atom stereocenters. The van der Waals surface area contributed by atoms with Gasteiger partial charge in [0.25, 0.3) is 5.91 Å². The number of anilines is 2. The molecule has 0 radical (unpaired) electrons. The molecule has 0 spiro atoms. The average Bonchev–Trinajstić information content (AvgIpc) is 2.73. The molecule has 3 aromatic rings. The molecule has 0 saturated heterocycles. The fourth-order valence-electron chi connectivity index (χ4n) is 2.41. The monoisotopic (exact) mass is 396 g/mol. The molecular weight excluding hydrogens is 380 g/mol. The largest absolute Gasteiger partial charge is 0.465 e. The molecule has 7 nitrogen and oxygen atoms in total. The third-order valence-electron chi connectivity index (χ3n) is 3.88. The van der Waals surface area contributed by atoms with Crippen LogP contribution in [0.15, 0.2) is 60.9 Å². The Morgan fingerprint density at radius 3 is 2.54 bits per heavy atom. The summed E-state index contributed by atoms with van der Waals surface area (Å²) in [4.78, 5) is 32.0. The quantitative estimate of drug-likeness (QED) is 0.616. The van der Waals surface area contributed by atoms with E-state index < -0.39 is 11.9 Å². The van der Waals surface area contributed by atoms with Gasteiger partial charge in [0.05, 0.1) is 12.7 Å². The number of rotatable bonds is 6. The number of nitrogens with zero attached hydrogens (tertiary/aromatic N) is 2. The summed E-state index contributed by atoms with van der Waals surface area (Å²) >= 11 is 6.14. The maximum atomic E-state index is 12.4. The molecule has 28 heavy (non-hydrogen) atoms. The number of amides is 1. The number of aromatic nitrogens is 2. The molecule has 0 saturated carbocycles. The fraction of sp³-hybridized carbons (Fsp3) is 0.100. The Kier molecular flexibility index (Phi) is 6.18.